The minimum atomic E-state index is -0.153. The Kier molecular flexibility index (Phi) is 5.26. The third-order valence-corrected chi connectivity index (χ3v) is 5.79. The van der Waals surface area contributed by atoms with Crippen molar-refractivity contribution in [3.8, 4) is 11.5 Å². The van der Waals surface area contributed by atoms with Crippen LogP contribution in [0.1, 0.15) is 30.9 Å². The molecule has 0 atom stereocenters. The first-order chi connectivity index (χ1) is 14.1. The van der Waals surface area contributed by atoms with Crippen molar-refractivity contribution >= 4 is 11.6 Å². The summed E-state index contributed by atoms with van der Waals surface area (Å²) in [7, 11) is 0. The maximum Gasteiger partial charge on any atom is 0.265 e. The lowest BCUT2D eigenvalue weighted by atomic mass is 9.73. The maximum absolute atomic E-state index is 12.5. The average molecular weight is 387 g/mol. The Bertz CT molecular complexity index is 946. The van der Waals surface area contributed by atoms with E-state index < -0.39 is 0 Å². The highest BCUT2D eigenvalue weighted by Gasteiger charge is 2.31. The Hall–Kier alpha value is -3.27. The lowest BCUT2D eigenvalue weighted by Gasteiger charge is -2.34. The lowest BCUT2D eigenvalue weighted by Crippen LogP contribution is -2.40. The highest BCUT2D eigenvalue weighted by molar-refractivity contribution is 5.98. The summed E-state index contributed by atoms with van der Waals surface area (Å²) in [5.74, 6) is 0.378. The number of hydrogen-bond donors (Lipinski definition) is 1. The molecular weight excluding hydrogens is 362 g/mol. The second-order valence-corrected chi connectivity index (χ2v) is 7.63. The number of benzene rings is 3. The van der Waals surface area contributed by atoms with Crippen molar-refractivity contribution in [1.29, 1.82) is 0 Å². The number of amides is 1. The summed E-state index contributed by atoms with van der Waals surface area (Å²) < 4.78 is 5.44. The van der Waals surface area contributed by atoms with Gasteiger partial charge in [0.1, 0.15) is 0 Å². The van der Waals surface area contributed by atoms with E-state index >= 15 is 0 Å². The zero-order chi connectivity index (χ0) is 20.3. The van der Waals surface area contributed by atoms with Crippen LogP contribution in [0.5, 0.6) is 11.5 Å². The number of hydrogen-bond acceptors (Lipinski definition) is 3. The van der Waals surface area contributed by atoms with Gasteiger partial charge in [-0.2, -0.15) is 0 Å². The van der Waals surface area contributed by atoms with Crippen LogP contribution in [0.2, 0.25) is 0 Å². The summed E-state index contributed by atoms with van der Waals surface area (Å²) in [6.07, 6.45) is 1.71. The fraction of sp³-hybridized carbons (Fsp3) is 0.240. The Morgan fingerprint density at radius 2 is 1.55 bits per heavy atom. The number of anilines is 1. The van der Waals surface area contributed by atoms with Crippen molar-refractivity contribution in [2.45, 2.75) is 25.2 Å². The third-order valence-electron chi connectivity index (χ3n) is 5.79. The van der Waals surface area contributed by atoms with Crippen LogP contribution < -0.4 is 9.64 Å². The Morgan fingerprint density at radius 3 is 2.17 bits per heavy atom. The van der Waals surface area contributed by atoms with Crippen molar-refractivity contribution in [2.75, 3.05) is 18.1 Å². The van der Waals surface area contributed by atoms with E-state index in [9.17, 15) is 9.90 Å². The fourth-order valence-electron chi connectivity index (χ4n) is 4.12. The second-order valence-electron chi connectivity index (χ2n) is 7.63. The highest BCUT2D eigenvalue weighted by atomic mass is 16.5. The molecule has 4 nitrogen and oxygen atoms in total. The van der Waals surface area contributed by atoms with E-state index in [1.54, 1.807) is 17.0 Å². The Morgan fingerprint density at radius 1 is 0.931 bits per heavy atom. The summed E-state index contributed by atoms with van der Waals surface area (Å²) in [5.41, 5.74) is 3.01. The van der Waals surface area contributed by atoms with E-state index in [0.29, 0.717) is 18.0 Å². The predicted octanol–water partition coefficient (Wildman–Crippen LogP) is 4.90. The molecule has 0 bridgehead atoms. The number of carbonyl (C=O) groups excluding carboxylic acids is 1. The van der Waals surface area contributed by atoms with Crippen molar-refractivity contribution < 1.29 is 14.6 Å². The minimum absolute atomic E-state index is 0.0424. The van der Waals surface area contributed by atoms with Crippen LogP contribution >= 0.6 is 0 Å². The molecular formula is C25H25NO3. The van der Waals surface area contributed by atoms with E-state index in [4.69, 9.17) is 4.74 Å². The zero-order valence-electron chi connectivity index (χ0n) is 16.5. The van der Waals surface area contributed by atoms with E-state index in [2.05, 4.69) is 55.5 Å². The number of para-hydroxylation sites is 1. The van der Waals surface area contributed by atoms with Gasteiger partial charge in [0, 0.05) is 12.0 Å². The van der Waals surface area contributed by atoms with Gasteiger partial charge in [-0.3, -0.25) is 4.79 Å². The third kappa shape index (κ3) is 3.70. The molecule has 1 N–H and O–H groups in total. The topological polar surface area (TPSA) is 49.8 Å². The van der Waals surface area contributed by atoms with Crippen LogP contribution in [0.15, 0.2) is 78.9 Å². The van der Waals surface area contributed by atoms with Gasteiger partial charge in [-0.15, -0.1) is 0 Å². The van der Waals surface area contributed by atoms with Gasteiger partial charge in [0.2, 0.25) is 0 Å². The first-order valence-electron chi connectivity index (χ1n) is 9.96. The number of phenols is 1. The average Bonchev–Trinajstić information content (AvgIpc) is 2.76. The fourth-order valence-corrected chi connectivity index (χ4v) is 4.12. The second kappa shape index (κ2) is 8.00. The van der Waals surface area contributed by atoms with Crippen molar-refractivity contribution in [2.24, 2.45) is 0 Å². The van der Waals surface area contributed by atoms with Gasteiger partial charge in [0.25, 0.3) is 5.91 Å². The molecule has 4 heteroatoms. The first kappa shape index (κ1) is 19.1. The molecule has 4 rings (SSSR count). The lowest BCUT2D eigenvalue weighted by molar-refractivity contribution is -0.121. The Balaban J connectivity index is 1.57. The molecule has 3 aromatic rings. The molecule has 1 aliphatic heterocycles. The van der Waals surface area contributed by atoms with Gasteiger partial charge in [-0.05, 0) is 36.1 Å². The summed E-state index contributed by atoms with van der Waals surface area (Å²) in [6, 6.07) is 26.1. The van der Waals surface area contributed by atoms with Gasteiger partial charge in [0.15, 0.2) is 18.1 Å². The molecule has 148 valence electrons. The van der Waals surface area contributed by atoms with Crippen molar-refractivity contribution in [1.82, 2.24) is 0 Å². The van der Waals surface area contributed by atoms with Crippen LogP contribution in [0.4, 0.5) is 5.69 Å². The van der Waals surface area contributed by atoms with Crippen LogP contribution in [-0.4, -0.2) is 24.2 Å². The first-order valence-corrected chi connectivity index (χ1v) is 9.96. The van der Waals surface area contributed by atoms with E-state index in [-0.39, 0.29) is 23.7 Å². The number of fused-ring (bicyclic) bond motifs is 1. The summed E-state index contributed by atoms with van der Waals surface area (Å²) in [4.78, 5) is 14.2. The highest BCUT2D eigenvalue weighted by Crippen LogP contribution is 2.40. The number of nitrogens with zero attached hydrogens (tertiary/aromatic N) is 1. The maximum atomic E-state index is 12.5. The van der Waals surface area contributed by atoms with Crippen LogP contribution in [-0.2, 0) is 10.2 Å². The molecule has 0 saturated carbocycles. The number of rotatable bonds is 6. The van der Waals surface area contributed by atoms with Gasteiger partial charge >= 0.3 is 0 Å². The van der Waals surface area contributed by atoms with Crippen molar-refractivity contribution in [3.63, 3.8) is 0 Å². The summed E-state index contributed by atoms with van der Waals surface area (Å²) >= 11 is 0. The summed E-state index contributed by atoms with van der Waals surface area (Å²) in [6.45, 7) is 2.80. The van der Waals surface area contributed by atoms with Crippen molar-refractivity contribution in [3.05, 3.63) is 90.0 Å². The Labute approximate surface area is 171 Å². The largest absolute Gasteiger partial charge is 0.504 e. The standard InChI is InChI=1S/C25H25NO3/c1-25(19-10-4-2-5-11-19,20-12-6-3-7-13-20)16-9-17-26-21-14-8-15-22(27)24(21)29-18-23(26)28/h2-8,10-15,27H,9,16-18H2,1H3. The molecule has 1 aliphatic rings. The molecule has 0 aromatic heterocycles. The molecule has 3 aromatic carbocycles. The van der Waals surface area contributed by atoms with Crippen LogP contribution in [0.3, 0.4) is 0 Å². The van der Waals surface area contributed by atoms with Crippen LogP contribution in [0.25, 0.3) is 0 Å². The molecule has 0 radical (unpaired) electrons. The summed E-state index contributed by atoms with van der Waals surface area (Å²) in [5, 5.41) is 10.0. The number of ether oxygens (including phenoxy) is 1. The number of phenolic OH excluding ortho intramolecular Hbond substituents is 1. The zero-order valence-corrected chi connectivity index (χ0v) is 16.5. The van der Waals surface area contributed by atoms with E-state index in [0.717, 1.165) is 12.8 Å². The van der Waals surface area contributed by atoms with E-state index in [1.807, 2.05) is 18.2 Å². The van der Waals surface area contributed by atoms with Gasteiger partial charge in [-0.25, -0.2) is 0 Å². The molecule has 29 heavy (non-hydrogen) atoms. The molecule has 0 fully saturated rings. The molecule has 0 saturated heterocycles. The normalized spacial score (nSPS) is 13.7. The predicted molar refractivity (Wildman–Crippen MR) is 115 cm³/mol. The molecule has 0 spiro atoms. The quantitative estimate of drug-likeness (QED) is 0.654. The number of aromatic hydroxyl groups is 1. The SMILES string of the molecule is CC(CCCN1C(=O)COc2c(O)cccc21)(c1ccccc1)c1ccccc1. The minimum Gasteiger partial charge on any atom is -0.504 e. The smallest absolute Gasteiger partial charge is 0.265 e. The van der Waals surface area contributed by atoms with E-state index in [1.165, 1.54) is 11.1 Å². The molecule has 0 unspecified atom stereocenters. The van der Waals surface area contributed by atoms with Crippen LogP contribution in [0, 0.1) is 0 Å². The molecule has 0 aliphatic carbocycles. The van der Waals surface area contributed by atoms with Gasteiger partial charge in [0.05, 0.1) is 5.69 Å². The molecule has 1 heterocycles. The van der Waals surface area contributed by atoms with Gasteiger partial charge < -0.3 is 14.7 Å². The van der Waals surface area contributed by atoms with Gasteiger partial charge in [-0.1, -0.05) is 73.7 Å². The molecule has 1 amide bonds. The monoisotopic (exact) mass is 387 g/mol. The number of carbonyl (C=O) groups is 1.